The summed E-state index contributed by atoms with van der Waals surface area (Å²) in [6.45, 7) is 1.99. The van der Waals surface area contributed by atoms with Gasteiger partial charge in [-0.05, 0) is 53.3 Å². The Kier molecular flexibility index (Phi) is 4.79. The van der Waals surface area contributed by atoms with Crippen LogP contribution in [0.4, 0.5) is 0 Å². The first-order chi connectivity index (χ1) is 7.58. The summed E-state index contributed by atoms with van der Waals surface area (Å²) in [7, 11) is 2.98. The molecule has 1 aromatic carbocycles. The lowest BCUT2D eigenvalue weighted by molar-refractivity contribution is -0.134. The van der Waals surface area contributed by atoms with E-state index in [1.54, 1.807) is 13.2 Å². The van der Waals surface area contributed by atoms with Crippen molar-refractivity contribution >= 4 is 34.6 Å². The summed E-state index contributed by atoms with van der Waals surface area (Å²) in [4.78, 5) is 10.9. The maximum absolute atomic E-state index is 10.9. The molecule has 0 aliphatic rings. The molecular weight excluding hydrogens is 319 g/mol. The van der Waals surface area contributed by atoms with Gasteiger partial charge in [-0.1, -0.05) is 0 Å². The highest BCUT2D eigenvalue weighted by Gasteiger charge is 2.04. The third kappa shape index (κ3) is 3.23. The van der Waals surface area contributed by atoms with E-state index in [1.807, 2.05) is 19.1 Å². The third-order valence-corrected chi connectivity index (χ3v) is 3.27. The Morgan fingerprint density at radius 1 is 1.38 bits per heavy atom. The molecule has 3 nitrogen and oxygen atoms in total. The molecule has 0 radical (unpaired) electrons. The largest absolute Gasteiger partial charge is 0.496 e. The van der Waals surface area contributed by atoms with Crippen molar-refractivity contribution in [2.45, 2.75) is 6.92 Å². The average molecular weight is 332 g/mol. The van der Waals surface area contributed by atoms with Crippen molar-refractivity contribution in [2.24, 2.45) is 0 Å². The van der Waals surface area contributed by atoms with Gasteiger partial charge >= 0.3 is 5.97 Å². The van der Waals surface area contributed by atoms with Crippen LogP contribution in [-0.4, -0.2) is 20.2 Å². The Balaban J connectivity index is 3.03. The summed E-state index contributed by atoms with van der Waals surface area (Å²) in [5, 5.41) is 0. The Labute approximate surface area is 109 Å². The second-order valence-corrected chi connectivity index (χ2v) is 4.35. The second-order valence-electron chi connectivity index (χ2n) is 3.19. The van der Waals surface area contributed by atoms with Crippen LogP contribution in [0.3, 0.4) is 0 Å². The lowest BCUT2D eigenvalue weighted by Crippen LogP contribution is -1.94. The van der Waals surface area contributed by atoms with E-state index in [9.17, 15) is 4.79 Å². The summed E-state index contributed by atoms with van der Waals surface area (Å²) < 4.78 is 10.9. The van der Waals surface area contributed by atoms with Crippen molar-refractivity contribution in [1.82, 2.24) is 0 Å². The van der Waals surface area contributed by atoms with E-state index in [1.165, 1.54) is 13.2 Å². The second kappa shape index (κ2) is 5.89. The van der Waals surface area contributed by atoms with E-state index in [2.05, 4.69) is 27.3 Å². The van der Waals surface area contributed by atoms with Gasteiger partial charge in [-0.3, -0.25) is 0 Å². The molecule has 0 amide bonds. The summed E-state index contributed by atoms with van der Waals surface area (Å²) >= 11 is 2.24. The number of carbonyl (C=O) groups excluding carboxylic acids is 1. The van der Waals surface area contributed by atoms with Gasteiger partial charge in [-0.25, -0.2) is 4.79 Å². The van der Waals surface area contributed by atoms with Crippen molar-refractivity contribution in [3.05, 3.63) is 32.9 Å². The maximum Gasteiger partial charge on any atom is 0.330 e. The van der Waals surface area contributed by atoms with E-state index in [0.717, 1.165) is 20.4 Å². The number of carbonyl (C=O) groups is 1. The van der Waals surface area contributed by atoms with E-state index in [-0.39, 0.29) is 5.97 Å². The van der Waals surface area contributed by atoms with Crippen LogP contribution >= 0.6 is 22.6 Å². The fourth-order valence-electron chi connectivity index (χ4n) is 1.21. The number of hydrogen-bond acceptors (Lipinski definition) is 3. The standard InChI is InChI=1S/C12H13IO3/c1-8-10(13)6-9(7-11(8)15-2)4-5-12(14)16-3/h4-7H,1-3H3. The van der Waals surface area contributed by atoms with Crippen LogP contribution in [0.25, 0.3) is 6.08 Å². The number of halogens is 1. The summed E-state index contributed by atoms with van der Waals surface area (Å²) in [5.41, 5.74) is 2.01. The zero-order valence-corrected chi connectivity index (χ0v) is 11.6. The Morgan fingerprint density at radius 3 is 2.62 bits per heavy atom. The van der Waals surface area contributed by atoms with Crippen LogP contribution in [0, 0.1) is 10.5 Å². The molecule has 86 valence electrons. The first-order valence-corrected chi connectivity index (χ1v) is 5.76. The van der Waals surface area contributed by atoms with Crippen molar-refractivity contribution in [1.29, 1.82) is 0 Å². The number of rotatable bonds is 3. The molecule has 0 N–H and O–H groups in total. The molecule has 1 rings (SSSR count). The van der Waals surface area contributed by atoms with Gasteiger partial charge in [-0.2, -0.15) is 0 Å². The van der Waals surface area contributed by atoms with Gasteiger partial charge in [0.15, 0.2) is 0 Å². The van der Waals surface area contributed by atoms with Gasteiger partial charge < -0.3 is 9.47 Å². The molecule has 0 heterocycles. The van der Waals surface area contributed by atoms with E-state index in [4.69, 9.17) is 4.74 Å². The number of ether oxygens (including phenoxy) is 2. The smallest absolute Gasteiger partial charge is 0.330 e. The van der Waals surface area contributed by atoms with Gasteiger partial charge in [0.1, 0.15) is 5.75 Å². The van der Waals surface area contributed by atoms with Crippen LogP contribution in [0.5, 0.6) is 5.75 Å². The minimum Gasteiger partial charge on any atom is -0.496 e. The van der Waals surface area contributed by atoms with Gasteiger partial charge in [0.05, 0.1) is 14.2 Å². The van der Waals surface area contributed by atoms with E-state index >= 15 is 0 Å². The SMILES string of the molecule is COC(=O)C=Cc1cc(I)c(C)c(OC)c1. The van der Waals surface area contributed by atoms with E-state index < -0.39 is 0 Å². The van der Waals surface area contributed by atoms with Crippen molar-refractivity contribution in [3.8, 4) is 5.75 Å². The predicted molar refractivity (Wildman–Crippen MR) is 71.5 cm³/mol. The normalized spacial score (nSPS) is 10.5. The number of benzene rings is 1. The monoisotopic (exact) mass is 332 g/mol. The Hall–Kier alpha value is -1.04. The number of hydrogen-bond donors (Lipinski definition) is 0. The van der Waals surface area contributed by atoms with Crippen LogP contribution in [0.15, 0.2) is 18.2 Å². The molecule has 16 heavy (non-hydrogen) atoms. The van der Waals surface area contributed by atoms with Crippen LogP contribution in [0.2, 0.25) is 0 Å². The fraction of sp³-hybridized carbons (Fsp3) is 0.250. The van der Waals surface area contributed by atoms with Crippen LogP contribution in [0.1, 0.15) is 11.1 Å². The highest BCUT2D eigenvalue weighted by Crippen LogP contribution is 2.25. The molecule has 0 aliphatic heterocycles. The zero-order valence-electron chi connectivity index (χ0n) is 9.41. The third-order valence-electron chi connectivity index (χ3n) is 2.15. The fourth-order valence-corrected chi connectivity index (χ4v) is 1.84. The molecule has 0 bridgehead atoms. The molecule has 0 spiro atoms. The minimum absolute atomic E-state index is 0.366. The van der Waals surface area contributed by atoms with Gasteiger partial charge in [-0.15, -0.1) is 0 Å². The van der Waals surface area contributed by atoms with Crippen LogP contribution in [-0.2, 0) is 9.53 Å². The summed E-state index contributed by atoms with van der Waals surface area (Å²) in [6, 6.07) is 3.87. The first kappa shape index (κ1) is 13.0. The van der Waals surface area contributed by atoms with Crippen molar-refractivity contribution < 1.29 is 14.3 Å². The highest BCUT2D eigenvalue weighted by atomic mass is 127. The average Bonchev–Trinajstić information content (AvgIpc) is 2.29. The molecule has 4 heteroatoms. The molecule has 0 aliphatic carbocycles. The van der Waals surface area contributed by atoms with Gasteiger partial charge in [0, 0.05) is 15.2 Å². The number of esters is 1. The molecule has 1 aromatic rings. The molecule has 0 aromatic heterocycles. The Morgan fingerprint density at radius 2 is 2.06 bits per heavy atom. The van der Waals surface area contributed by atoms with E-state index in [0.29, 0.717) is 0 Å². The molecule has 0 saturated carbocycles. The molecule has 0 unspecified atom stereocenters. The van der Waals surface area contributed by atoms with Gasteiger partial charge in [0.2, 0.25) is 0 Å². The quantitative estimate of drug-likeness (QED) is 0.485. The van der Waals surface area contributed by atoms with Crippen molar-refractivity contribution in [2.75, 3.05) is 14.2 Å². The van der Waals surface area contributed by atoms with Crippen molar-refractivity contribution in [3.63, 3.8) is 0 Å². The lowest BCUT2D eigenvalue weighted by atomic mass is 10.1. The summed E-state index contributed by atoms with van der Waals surface area (Å²) in [6.07, 6.45) is 3.09. The zero-order chi connectivity index (χ0) is 12.1. The molecule has 0 fully saturated rings. The summed E-state index contributed by atoms with van der Waals surface area (Å²) in [5.74, 6) is 0.450. The van der Waals surface area contributed by atoms with Crippen LogP contribution < -0.4 is 4.74 Å². The number of methoxy groups -OCH3 is 2. The topological polar surface area (TPSA) is 35.5 Å². The molecular formula is C12H13IO3. The minimum atomic E-state index is -0.366. The Bertz CT molecular complexity index is 425. The molecule has 0 atom stereocenters. The lowest BCUT2D eigenvalue weighted by Gasteiger charge is -2.07. The highest BCUT2D eigenvalue weighted by molar-refractivity contribution is 14.1. The van der Waals surface area contributed by atoms with Gasteiger partial charge in [0.25, 0.3) is 0 Å². The first-order valence-electron chi connectivity index (χ1n) is 4.68. The predicted octanol–water partition coefficient (Wildman–Crippen LogP) is 2.79. The maximum atomic E-state index is 10.9. The molecule has 0 saturated heterocycles.